The Kier molecular flexibility index (Phi) is 7.59. The van der Waals surface area contributed by atoms with Crippen molar-refractivity contribution in [3.63, 3.8) is 0 Å². The summed E-state index contributed by atoms with van der Waals surface area (Å²) in [6, 6.07) is 6.65. The SMILES string of the molecule is CC[C@@H](O)CN1CCN(S(=O)(=O)CCOCCN2C(=O)c3ccccc3C2=O)CC1. The maximum atomic E-state index is 12.5. The van der Waals surface area contributed by atoms with Crippen molar-refractivity contribution < 1.29 is 27.9 Å². The van der Waals surface area contributed by atoms with Gasteiger partial charge in [-0.15, -0.1) is 0 Å². The van der Waals surface area contributed by atoms with Gasteiger partial charge in [0.25, 0.3) is 11.8 Å². The van der Waals surface area contributed by atoms with E-state index in [0.717, 1.165) is 4.90 Å². The fourth-order valence-corrected chi connectivity index (χ4v) is 4.92. The number of aliphatic hydroxyl groups excluding tert-OH is 1. The van der Waals surface area contributed by atoms with E-state index in [1.165, 1.54) is 4.31 Å². The number of amides is 2. The number of benzene rings is 1. The predicted molar refractivity (Wildman–Crippen MR) is 111 cm³/mol. The molecule has 166 valence electrons. The Bertz CT molecular complexity index is 832. The number of piperazine rings is 1. The second kappa shape index (κ2) is 9.97. The van der Waals surface area contributed by atoms with Crippen LogP contribution in [0.5, 0.6) is 0 Å². The summed E-state index contributed by atoms with van der Waals surface area (Å²) < 4.78 is 31.9. The van der Waals surface area contributed by atoms with E-state index in [9.17, 15) is 23.1 Å². The summed E-state index contributed by atoms with van der Waals surface area (Å²) in [5, 5.41) is 9.73. The number of rotatable bonds is 10. The summed E-state index contributed by atoms with van der Waals surface area (Å²) in [5.74, 6) is -0.844. The summed E-state index contributed by atoms with van der Waals surface area (Å²) in [6.45, 7) is 4.63. The Hall–Kier alpha value is -1.85. The topological polar surface area (TPSA) is 107 Å². The molecule has 0 saturated carbocycles. The van der Waals surface area contributed by atoms with Crippen LogP contribution >= 0.6 is 0 Å². The molecule has 2 amide bonds. The molecule has 30 heavy (non-hydrogen) atoms. The van der Waals surface area contributed by atoms with Crippen molar-refractivity contribution in [1.82, 2.24) is 14.1 Å². The molecule has 1 aromatic carbocycles. The van der Waals surface area contributed by atoms with Crippen LogP contribution in [0.3, 0.4) is 0 Å². The van der Waals surface area contributed by atoms with E-state index in [-0.39, 0.29) is 43.4 Å². The first-order chi connectivity index (χ1) is 14.3. The van der Waals surface area contributed by atoms with Crippen molar-refractivity contribution in [3.05, 3.63) is 35.4 Å². The molecule has 2 aliphatic rings. The molecule has 1 saturated heterocycles. The van der Waals surface area contributed by atoms with Gasteiger partial charge in [0, 0.05) is 32.7 Å². The van der Waals surface area contributed by atoms with Crippen LogP contribution in [0.25, 0.3) is 0 Å². The Morgan fingerprint density at radius 3 is 2.20 bits per heavy atom. The average molecular weight is 440 g/mol. The van der Waals surface area contributed by atoms with Gasteiger partial charge in [-0.3, -0.25) is 19.4 Å². The van der Waals surface area contributed by atoms with Crippen LogP contribution in [0.1, 0.15) is 34.1 Å². The smallest absolute Gasteiger partial charge is 0.261 e. The number of nitrogens with zero attached hydrogens (tertiary/aromatic N) is 3. The number of imide groups is 1. The Morgan fingerprint density at radius 2 is 1.63 bits per heavy atom. The van der Waals surface area contributed by atoms with Gasteiger partial charge in [0.1, 0.15) is 0 Å². The van der Waals surface area contributed by atoms with Crippen molar-refractivity contribution in [2.75, 3.05) is 58.2 Å². The van der Waals surface area contributed by atoms with E-state index in [1.807, 2.05) is 6.92 Å². The molecule has 1 N–H and O–H groups in total. The molecule has 3 rings (SSSR count). The van der Waals surface area contributed by atoms with Gasteiger partial charge in [0.05, 0.1) is 42.7 Å². The third kappa shape index (κ3) is 5.25. The maximum Gasteiger partial charge on any atom is 0.261 e. The lowest BCUT2D eigenvalue weighted by molar-refractivity contribution is 0.0574. The van der Waals surface area contributed by atoms with Gasteiger partial charge in [-0.1, -0.05) is 19.1 Å². The summed E-state index contributed by atoms with van der Waals surface area (Å²) in [6.07, 6.45) is 0.292. The average Bonchev–Trinajstić information content (AvgIpc) is 2.98. The van der Waals surface area contributed by atoms with Crippen molar-refractivity contribution in [1.29, 1.82) is 0 Å². The van der Waals surface area contributed by atoms with Crippen molar-refractivity contribution in [2.45, 2.75) is 19.4 Å². The van der Waals surface area contributed by atoms with Crippen LogP contribution < -0.4 is 0 Å². The fourth-order valence-electron chi connectivity index (χ4n) is 3.61. The zero-order chi connectivity index (χ0) is 21.7. The lowest BCUT2D eigenvalue weighted by atomic mass is 10.1. The molecule has 0 radical (unpaired) electrons. The number of ether oxygens (including phenoxy) is 1. The number of sulfonamides is 1. The van der Waals surface area contributed by atoms with Gasteiger partial charge in [-0.05, 0) is 18.6 Å². The number of hydrogen-bond donors (Lipinski definition) is 1. The molecule has 2 aliphatic heterocycles. The molecular weight excluding hydrogens is 410 g/mol. The Balaban J connectivity index is 1.38. The molecule has 0 aliphatic carbocycles. The normalized spacial score (nSPS) is 19.3. The molecule has 1 atom stereocenters. The quantitative estimate of drug-likeness (QED) is 0.404. The molecule has 1 fully saturated rings. The first-order valence-corrected chi connectivity index (χ1v) is 11.9. The molecule has 9 nitrogen and oxygen atoms in total. The molecule has 10 heteroatoms. The zero-order valence-corrected chi connectivity index (χ0v) is 18.0. The minimum absolute atomic E-state index is 0.000264. The van der Waals surface area contributed by atoms with Crippen LogP contribution in [-0.2, 0) is 14.8 Å². The van der Waals surface area contributed by atoms with Gasteiger partial charge in [-0.25, -0.2) is 8.42 Å². The van der Waals surface area contributed by atoms with Crippen LogP contribution in [0.4, 0.5) is 0 Å². The van der Waals surface area contributed by atoms with E-state index >= 15 is 0 Å². The molecule has 0 unspecified atom stereocenters. The van der Waals surface area contributed by atoms with E-state index in [1.54, 1.807) is 24.3 Å². The lowest BCUT2D eigenvalue weighted by Crippen LogP contribution is -2.51. The highest BCUT2D eigenvalue weighted by Crippen LogP contribution is 2.21. The molecule has 0 spiro atoms. The summed E-state index contributed by atoms with van der Waals surface area (Å²) >= 11 is 0. The maximum absolute atomic E-state index is 12.5. The number of β-amino-alcohol motifs (C(OH)–C–C–N with tert-alkyl or cyclic N) is 1. The van der Waals surface area contributed by atoms with Crippen LogP contribution in [0.2, 0.25) is 0 Å². The minimum atomic E-state index is -3.43. The number of carbonyl (C=O) groups excluding carboxylic acids is 2. The third-order valence-electron chi connectivity index (χ3n) is 5.49. The van der Waals surface area contributed by atoms with E-state index in [2.05, 4.69) is 4.90 Å². The van der Waals surface area contributed by atoms with Crippen LogP contribution in [0.15, 0.2) is 24.3 Å². The van der Waals surface area contributed by atoms with Gasteiger partial charge in [-0.2, -0.15) is 4.31 Å². The second-order valence-electron chi connectivity index (χ2n) is 7.50. The number of carbonyl (C=O) groups is 2. The standard InChI is InChI=1S/C20H29N3O6S/c1-2-16(24)15-21-7-9-22(10-8-21)30(27,28)14-13-29-12-11-23-19(25)17-5-3-4-6-18(17)20(23)26/h3-6,16,24H,2,7-15H2,1H3/t16-/m1/s1. The highest BCUT2D eigenvalue weighted by molar-refractivity contribution is 7.89. The fraction of sp³-hybridized carbons (Fsp3) is 0.600. The zero-order valence-electron chi connectivity index (χ0n) is 17.2. The van der Waals surface area contributed by atoms with E-state index in [4.69, 9.17) is 4.74 Å². The number of aliphatic hydroxyl groups is 1. The highest BCUT2D eigenvalue weighted by atomic mass is 32.2. The van der Waals surface area contributed by atoms with Crippen LogP contribution in [0, 0.1) is 0 Å². The lowest BCUT2D eigenvalue weighted by Gasteiger charge is -2.34. The van der Waals surface area contributed by atoms with Crippen molar-refractivity contribution >= 4 is 21.8 Å². The van der Waals surface area contributed by atoms with E-state index in [0.29, 0.717) is 50.3 Å². The van der Waals surface area contributed by atoms with Crippen molar-refractivity contribution in [3.8, 4) is 0 Å². The Labute approximate surface area is 177 Å². The second-order valence-corrected chi connectivity index (χ2v) is 9.59. The summed E-state index contributed by atoms with van der Waals surface area (Å²) in [4.78, 5) is 27.7. The highest BCUT2D eigenvalue weighted by Gasteiger charge is 2.34. The molecule has 1 aromatic rings. The molecular formula is C20H29N3O6S. The van der Waals surface area contributed by atoms with Gasteiger partial charge >= 0.3 is 0 Å². The number of hydrogen-bond acceptors (Lipinski definition) is 7. The van der Waals surface area contributed by atoms with Gasteiger partial charge in [0.2, 0.25) is 10.0 Å². The van der Waals surface area contributed by atoms with Crippen molar-refractivity contribution in [2.24, 2.45) is 0 Å². The largest absolute Gasteiger partial charge is 0.392 e. The third-order valence-corrected chi connectivity index (χ3v) is 7.32. The summed E-state index contributed by atoms with van der Waals surface area (Å²) in [7, 11) is -3.43. The number of fused-ring (bicyclic) bond motifs is 1. The molecule has 2 heterocycles. The van der Waals surface area contributed by atoms with E-state index < -0.39 is 10.0 Å². The first kappa shape index (κ1) is 22.8. The minimum Gasteiger partial charge on any atom is -0.392 e. The molecule has 0 bridgehead atoms. The summed E-state index contributed by atoms with van der Waals surface area (Å²) in [5.41, 5.74) is 0.770. The molecule has 0 aromatic heterocycles. The first-order valence-electron chi connectivity index (χ1n) is 10.2. The Morgan fingerprint density at radius 1 is 1.03 bits per heavy atom. The predicted octanol–water partition coefficient (Wildman–Crippen LogP) is 0.0175. The van der Waals surface area contributed by atoms with Crippen LogP contribution in [-0.4, -0.2) is 104 Å². The monoisotopic (exact) mass is 439 g/mol. The van der Waals surface area contributed by atoms with Gasteiger partial charge < -0.3 is 9.84 Å². The van der Waals surface area contributed by atoms with Gasteiger partial charge in [0.15, 0.2) is 0 Å².